The van der Waals surface area contributed by atoms with E-state index in [1.54, 1.807) is 24.3 Å². The summed E-state index contributed by atoms with van der Waals surface area (Å²) in [6.45, 7) is -0.477. The number of carbonyl (C=O) groups is 2. The zero-order valence-electron chi connectivity index (χ0n) is 7.12. The number of carboxylic acid groups (broad SMARTS) is 1. The maximum atomic E-state index is 11.2. The fourth-order valence-electron chi connectivity index (χ4n) is 0.856. The Morgan fingerprint density at radius 3 is 2.36 bits per heavy atom. The Balaban J connectivity index is 2.61. The molecule has 0 radical (unpaired) electrons. The van der Waals surface area contributed by atoms with Gasteiger partial charge in [-0.2, -0.15) is 0 Å². The second-order valence-corrected chi connectivity index (χ2v) is 3.48. The van der Waals surface area contributed by atoms with Crippen LogP contribution in [0.5, 0.6) is 0 Å². The first-order valence-electron chi connectivity index (χ1n) is 3.83. The van der Waals surface area contributed by atoms with E-state index in [-0.39, 0.29) is 0 Å². The monoisotopic (exact) mass is 256 g/mol. The summed E-state index contributed by atoms with van der Waals surface area (Å²) >= 11 is 3.22. The van der Waals surface area contributed by atoms with Crippen molar-refractivity contribution in [3.63, 3.8) is 0 Å². The Hall–Kier alpha value is -1.36. The largest absolute Gasteiger partial charge is 0.548 e. The highest BCUT2D eigenvalue weighted by atomic mass is 79.9. The molecular weight excluding hydrogens is 250 g/mol. The normalized spacial score (nSPS) is 9.50. The van der Waals surface area contributed by atoms with Gasteiger partial charge >= 0.3 is 0 Å². The van der Waals surface area contributed by atoms with Gasteiger partial charge in [0.2, 0.25) is 0 Å². The molecule has 0 aliphatic carbocycles. The highest BCUT2D eigenvalue weighted by Crippen LogP contribution is 2.10. The van der Waals surface area contributed by atoms with Gasteiger partial charge in [-0.25, -0.2) is 0 Å². The molecule has 1 rings (SSSR count). The van der Waals surface area contributed by atoms with Crippen LogP contribution in [0.15, 0.2) is 28.7 Å². The molecule has 0 spiro atoms. The van der Waals surface area contributed by atoms with E-state index in [0.29, 0.717) is 5.56 Å². The summed E-state index contributed by atoms with van der Waals surface area (Å²) in [7, 11) is 0. The van der Waals surface area contributed by atoms with Crippen LogP contribution >= 0.6 is 15.9 Å². The van der Waals surface area contributed by atoms with E-state index in [1.807, 2.05) is 0 Å². The van der Waals surface area contributed by atoms with Gasteiger partial charge in [-0.05, 0) is 24.3 Å². The molecule has 0 atom stereocenters. The molecule has 1 amide bonds. The molecule has 4 nitrogen and oxygen atoms in total. The first-order valence-corrected chi connectivity index (χ1v) is 4.62. The molecule has 0 aromatic heterocycles. The molecule has 0 saturated carbocycles. The first-order chi connectivity index (χ1) is 6.59. The summed E-state index contributed by atoms with van der Waals surface area (Å²) < 4.78 is 0.856. The lowest BCUT2D eigenvalue weighted by Crippen LogP contribution is -2.37. The van der Waals surface area contributed by atoms with Gasteiger partial charge in [0.15, 0.2) is 0 Å². The van der Waals surface area contributed by atoms with Crippen molar-refractivity contribution in [3.8, 4) is 0 Å². The van der Waals surface area contributed by atoms with E-state index in [1.165, 1.54) is 0 Å². The van der Waals surface area contributed by atoms with Crippen molar-refractivity contribution >= 4 is 27.8 Å². The fraction of sp³-hybridized carbons (Fsp3) is 0.111. The van der Waals surface area contributed by atoms with Gasteiger partial charge in [-0.1, -0.05) is 15.9 Å². The molecule has 0 heterocycles. The van der Waals surface area contributed by atoms with Crippen LogP contribution in [0.4, 0.5) is 0 Å². The first kappa shape index (κ1) is 10.7. The quantitative estimate of drug-likeness (QED) is 0.823. The lowest BCUT2D eigenvalue weighted by atomic mass is 10.2. The number of hydrogen-bond acceptors (Lipinski definition) is 3. The van der Waals surface area contributed by atoms with E-state index in [2.05, 4.69) is 21.2 Å². The van der Waals surface area contributed by atoms with Gasteiger partial charge in [0.05, 0.1) is 12.5 Å². The molecule has 5 heteroatoms. The molecule has 0 fully saturated rings. The minimum atomic E-state index is -1.31. The summed E-state index contributed by atoms with van der Waals surface area (Å²) in [5.41, 5.74) is 0.412. The maximum absolute atomic E-state index is 11.2. The van der Waals surface area contributed by atoms with Crippen LogP contribution in [-0.4, -0.2) is 18.4 Å². The fourth-order valence-corrected chi connectivity index (χ4v) is 1.12. The molecule has 0 aliphatic heterocycles. The topological polar surface area (TPSA) is 69.2 Å². The van der Waals surface area contributed by atoms with Gasteiger partial charge in [0, 0.05) is 10.0 Å². The van der Waals surface area contributed by atoms with Crippen molar-refractivity contribution in [3.05, 3.63) is 34.3 Å². The zero-order valence-corrected chi connectivity index (χ0v) is 8.71. The number of carboxylic acids is 1. The smallest absolute Gasteiger partial charge is 0.251 e. The third-order valence-electron chi connectivity index (χ3n) is 1.50. The van der Waals surface area contributed by atoms with Crippen LogP contribution in [0.1, 0.15) is 10.4 Å². The standard InChI is InChI=1S/C9H8BrNO3/c10-7-3-1-6(2-4-7)9(14)11-5-8(12)13/h1-4H,5H2,(H,11,14)(H,12,13)/p-1. The molecule has 1 N–H and O–H groups in total. The maximum Gasteiger partial charge on any atom is 0.251 e. The molecule has 0 saturated heterocycles. The third-order valence-corrected chi connectivity index (χ3v) is 2.03. The highest BCUT2D eigenvalue weighted by molar-refractivity contribution is 9.10. The van der Waals surface area contributed by atoms with E-state index in [4.69, 9.17) is 0 Å². The molecular formula is C9H7BrNO3-. The summed E-state index contributed by atoms with van der Waals surface area (Å²) in [6, 6.07) is 6.59. The van der Waals surface area contributed by atoms with Crippen molar-refractivity contribution < 1.29 is 14.7 Å². The van der Waals surface area contributed by atoms with Crippen molar-refractivity contribution in [2.24, 2.45) is 0 Å². The molecule has 14 heavy (non-hydrogen) atoms. The molecule has 1 aromatic rings. The van der Waals surface area contributed by atoms with Gasteiger partial charge in [0.25, 0.3) is 5.91 Å². The molecule has 1 aromatic carbocycles. The number of nitrogens with one attached hydrogen (secondary N) is 1. The molecule has 0 bridgehead atoms. The summed E-state index contributed by atoms with van der Waals surface area (Å²) in [5.74, 6) is -1.74. The number of rotatable bonds is 3. The van der Waals surface area contributed by atoms with Crippen LogP contribution in [0, 0.1) is 0 Å². The Labute approximate surface area is 89.1 Å². The van der Waals surface area contributed by atoms with Crippen LogP contribution in [-0.2, 0) is 4.79 Å². The number of hydrogen-bond donors (Lipinski definition) is 1. The van der Waals surface area contributed by atoms with E-state index in [0.717, 1.165) is 4.47 Å². The molecule has 74 valence electrons. The SMILES string of the molecule is O=C([O-])CNC(=O)c1ccc(Br)cc1. The summed E-state index contributed by atoms with van der Waals surface area (Å²) in [4.78, 5) is 21.3. The van der Waals surface area contributed by atoms with E-state index < -0.39 is 18.4 Å². The average molecular weight is 257 g/mol. The van der Waals surface area contributed by atoms with E-state index >= 15 is 0 Å². The Morgan fingerprint density at radius 1 is 1.29 bits per heavy atom. The number of halogens is 1. The Morgan fingerprint density at radius 2 is 1.86 bits per heavy atom. The summed E-state index contributed by atoms with van der Waals surface area (Å²) in [6.07, 6.45) is 0. The average Bonchev–Trinajstić information content (AvgIpc) is 2.15. The van der Waals surface area contributed by atoms with Gasteiger partial charge in [-0.3, -0.25) is 4.79 Å². The van der Waals surface area contributed by atoms with Gasteiger partial charge in [-0.15, -0.1) is 0 Å². The Bertz CT molecular complexity index is 348. The van der Waals surface area contributed by atoms with Crippen LogP contribution in [0.3, 0.4) is 0 Å². The van der Waals surface area contributed by atoms with Gasteiger partial charge in [0.1, 0.15) is 0 Å². The number of benzene rings is 1. The second kappa shape index (κ2) is 4.76. The van der Waals surface area contributed by atoms with E-state index in [9.17, 15) is 14.7 Å². The predicted octanol–water partition coefficient (Wildman–Crippen LogP) is -0.0712. The van der Waals surface area contributed by atoms with Gasteiger partial charge < -0.3 is 15.2 Å². The zero-order chi connectivity index (χ0) is 10.6. The van der Waals surface area contributed by atoms with Crippen molar-refractivity contribution in [2.75, 3.05) is 6.54 Å². The summed E-state index contributed by atoms with van der Waals surface area (Å²) in [5, 5.41) is 12.3. The number of carbonyl (C=O) groups excluding carboxylic acids is 2. The number of amides is 1. The minimum absolute atomic E-state index is 0.412. The van der Waals surface area contributed by atoms with Crippen LogP contribution in [0.2, 0.25) is 0 Å². The predicted molar refractivity (Wildman–Crippen MR) is 51.5 cm³/mol. The lowest BCUT2D eigenvalue weighted by molar-refractivity contribution is -0.303. The third kappa shape index (κ3) is 3.18. The van der Waals surface area contributed by atoms with Crippen molar-refractivity contribution in [1.29, 1.82) is 0 Å². The second-order valence-electron chi connectivity index (χ2n) is 2.56. The van der Waals surface area contributed by atoms with Crippen molar-refractivity contribution in [1.82, 2.24) is 5.32 Å². The lowest BCUT2D eigenvalue weighted by Gasteiger charge is -2.05. The molecule has 0 aliphatic rings. The number of aliphatic carboxylic acids is 1. The highest BCUT2D eigenvalue weighted by Gasteiger charge is 2.03. The van der Waals surface area contributed by atoms with Crippen molar-refractivity contribution in [2.45, 2.75) is 0 Å². The minimum Gasteiger partial charge on any atom is -0.548 e. The Kier molecular flexibility index (Phi) is 3.64. The van der Waals surface area contributed by atoms with Crippen LogP contribution in [0.25, 0.3) is 0 Å². The van der Waals surface area contributed by atoms with Crippen LogP contribution < -0.4 is 10.4 Å². The molecule has 0 unspecified atom stereocenters.